The van der Waals surface area contributed by atoms with E-state index in [-0.39, 0.29) is 5.91 Å². The molecule has 0 aromatic heterocycles. The van der Waals surface area contributed by atoms with Crippen molar-refractivity contribution in [3.8, 4) is 5.75 Å². The van der Waals surface area contributed by atoms with Crippen molar-refractivity contribution >= 4 is 5.91 Å². The molecule has 0 spiro atoms. The number of rotatable bonds is 7. The fourth-order valence-electron chi connectivity index (χ4n) is 1.77. The van der Waals surface area contributed by atoms with E-state index in [1.807, 2.05) is 19.1 Å². The molecule has 0 radical (unpaired) electrons. The van der Waals surface area contributed by atoms with E-state index in [2.05, 4.69) is 5.32 Å². The number of hydrogen-bond acceptors (Lipinski definition) is 4. The van der Waals surface area contributed by atoms with Crippen molar-refractivity contribution in [3.63, 3.8) is 0 Å². The summed E-state index contributed by atoms with van der Waals surface area (Å²) in [7, 11) is 1.58. The van der Waals surface area contributed by atoms with Crippen LogP contribution in [0.4, 0.5) is 0 Å². The highest BCUT2D eigenvalue weighted by Gasteiger charge is 2.17. The number of aryl methyl sites for hydroxylation is 1. The quantitative estimate of drug-likeness (QED) is 0.745. The smallest absolute Gasteiger partial charge is 0.260 e. The van der Waals surface area contributed by atoms with Crippen molar-refractivity contribution in [3.05, 3.63) is 29.3 Å². The van der Waals surface area contributed by atoms with E-state index in [0.717, 1.165) is 5.56 Å². The van der Waals surface area contributed by atoms with Crippen molar-refractivity contribution in [2.75, 3.05) is 20.3 Å². The molecule has 1 rings (SSSR count). The van der Waals surface area contributed by atoms with Crippen LogP contribution in [0.15, 0.2) is 18.2 Å². The Kier molecular flexibility index (Phi) is 6.48. The number of methoxy groups -OCH3 is 1. The van der Waals surface area contributed by atoms with E-state index in [9.17, 15) is 9.90 Å². The Hall–Kier alpha value is -1.59. The largest absolute Gasteiger partial charge is 0.481 e. The highest BCUT2D eigenvalue weighted by atomic mass is 16.5. The third kappa shape index (κ3) is 4.83. The Morgan fingerprint density at radius 3 is 2.70 bits per heavy atom. The number of hydrogen-bond donors (Lipinski definition) is 2. The van der Waals surface area contributed by atoms with E-state index in [4.69, 9.17) is 9.47 Å². The van der Waals surface area contributed by atoms with Crippen LogP contribution < -0.4 is 10.1 Å². The van der Waals surface area contributed by atoms with Gasteiger partial charge in [-0.1, -0.05) is 11.6 Å². The summed E-state index contributed by atoms with van der Waals surface area (Å²) in [5, 5.41) is 12.5. The Labute approximate surface area is 119 Å². The second kappa shape index (κ2) is 7.87. The minimum Gasteiger partial charge on any atom is -0.481 e. The highest BCUT2D eigenvalue weighted by Crippen LogP contribution is 2.27. The number of carbonyl (C=O) groups is 1. The zero-order valence-corrected chi connectivity index (χ0v) is 12.5. The van der Waals surface area contributed by atoms with E-state index in [0.29, 0.717) is 24.5 Å². The van der Waals surface area contributed by atoms with Crippen LogP contribution in [0, 0.1) is 6.92 Å². The van der Waals surface area contributed by atoms with Crippen molar-refractivity contribution in [1.29, 1.82) is 0 Å². The summed E-state index contributed by atoms with van der Waals surface area (Å²) in [5.74, 6) is 0.319. The number of aliphatic hydroxyl groups is 1. The van der Waals surface area contributed by atoms with Crippen LogP contribution in [0.2, 0.25) is 0 Å². The SMILES string of the molecule is COCCNC(=O)C(C)Oc1ccc(C)cc1C(C)O. The van der Waals surface area contributed by atoms with Crippen LogP contribution in [0.3, 0.4) is 0 Å². The van der Waals surface area contributed by atoms with Crippen molar-refractivity contribution < 1.29 is 19.4 Å². The molecule has 5 heteroatoms. The first-order valence-corrected chi connectivity index (χ1v) is 6.67. The Morgan fingerprint density at radius 1 is 1.40 bits per heavy atom. The molecular formula is C15H23NO4. The maximum absolute atomic E-state index is 11.8. The number of benzene rings is 1. The molecule has 5 nitrogen and oxygen atoms in total. The van der Waals surface area contributed by atoms with Gasteiger partial charge in [0.2, 0.25) is 0 Å². The minimum atomic E-state index is -0.645. The predicted molar refractivity (Wildman–Crippen MR) is 76.8 cm³/mol. The van der Waals surface area contributed by atoms with Gasteiger partial charge in [-0.15, -0.1) is 0 Å². The molecule has 2 N–H and O–H groups in total. The summed E-state index contributed by atoms with van der Waals surface area (Å²) in [6.07, 6.45) is -1.28. The maximum Gasteiger partial charge on any atom is 0.260 e. The lowest BCUT2D eigenvalue weighted by Crippen LogP contribution is -2.38. The zero-order chi connectivity index (χ0) is 15.1. The first kappa shape index (κ1) is 16.5. The van der Waals surface area contributed by atoms with Gasteiger partial charge in [0.1, 0.15) is 5.75 Å². The van der Waals surface area contributed by atoms with Gasteiger partial charge < -0.3 is 19.9 Å². The van der Waals surface area contributed by atoms with Gasteiger partial charge in [-0.05, 0) is 32.9 Å². The second-order valence-electron chi connectivity index (χ2n) is 4.76. The third-order valence-corrected chi connectivity index (χ3v) is 2.89. The van der Waals surface area contributed by atoms with E-state index in [1.165, 1.54) is 0 Å². The Bertz CT molecular complexity index is 445. The average molecular weight is 281 g/mol. The first-order chi connectivity index (χ1) is 9.45. The van der Waals surface area contributed by atoms with Crippen LogP contribution in [0.25, 0.3) is 0 Å². The summed E-state index contributed by atoms with van der Waals surface area (Å²) in [4.78, 5) is 11.8. The number of aliphatic hydroxyl groups excluding tert-OH is 1. The van der Waals surface area contributed by atoms with Crippen molar-refractivity contribution in [2.45, 2.75) is 33.0 Å². The summed E-state index contributed by atoms with van der Waals surface area (Å²) < 4.78 is 10.5. The van der Waals surface area contributed by atoms with Gasteiger partial charge in [0.05, 0.1) is 12.7 Å². The Morgan fingerprint density at radius 2 is 2.10 bits per heavy atom. The van der Waals surface area contributed by atoms with Crippen LogP contribution in [0.1, 0.15) is 31.1 Å². The van der Waals surface area contributed by atoms with Crippen molar-refractivity contribution in [2.24, 2.45) is 0 Å². The lowest BCUT2D eigenvalue weighted by molar-refractivity contribution is -0.127. The standard InChI is InChI=1S/C15H23NO4/c1-10-5-6-14(13(9-10)11(2)17)20-12(3)15(18)16-7-8-19-4/h5-6,9,11-12,17H,7-8H2,1-4H3,(H,16,18). The van der Waals surface area contributed by atoms with E-state index >= 15 is 0 Å². The molecule has 20 heavy (non-hydrogen) atoms. The molecular weight excluding hydrogens is 258 g/mol. The normalized spacial score (nSPS) is 13.7. The van der Waals surface area contributed by atoms with Gasteiger partial charge >= 0.3 is 0 Å². The summed E-state index contributed by atoms with van der Waals surface area (Å²) >= 11 is 0. The average Bonchev–Trinajstić information content (AvgIpc) is 2.40. The molecule has 0 bridgehead atoms. The van der Waals surface area contributed by atoms with Gasteiger partial charge in [-0.3, -0.25) is 4.79 Å². The summed E-state index contributed by atoms with van der Waals surface area (Å²) in [5.41, 5.74) is 1.71. The molecule has 112 valence electrons. The van der Waals surface area contributed by atoms with E-state index < -0.39 is 12.2 Å². The highest BCUT2D eigenvalue weighted by molar-refractivity contribution is 5.80. The van der Waals surface area contributed by atoms with Crippen LogP contribution in [-0.4, -0.2) is 37.4 Å². The van der Waals surface area contributed by atoms with Crippen LogP contribution in [0.5, 0.6) is 5.75 Å². The fourth-order valence-corrected chi connectivity index (χ4v) is 1.77. The number of ether oxygens (including phenoxy) is 2. The van der Waals surface area contributed by atoms with Gasteiger partial charge in [-0.2, -0.15) is 0 Å². The molecule has 2 atom stereocenters. The zero-order valence-electron chi connectivity index (χ0n) is 12.5. The molecule has 0 aliphatic heterocycles. The lowest BCUT2D eigenvalue weighted by Gasteiger charge is -2.18. The Balaban J connectivity index is 2.70. The van der Waals surface area contributed by atoms with Gasteiger partial charge in [0.15, 0.2) is 6.10 Å². The predicted octanol–water partition coefficient (Wildman–Crippen LogP) is 1.58. The molecule has 0 aliphatic carbocycles. The number of nitrogens with one attached hydrogen (secondary N) is 1. The molecule has 0 saturated carbocycles. The maximum atomic E-state index is 11.8. The lowest BCUT2D eigenvalue weighted by atomic mass is 10.1. The molecule has 1 aromatic rings. The molecule has 0 saturated heterocycles. The van der Waals surface area contributed by atoms with Crippen LogP contribution >= 0.6 is 0 Å². The summed E-state index contributed by atoms with van der Waals surface area (Å²) in [6.45, 7) is 6.19. The second-order valence-corrected chi connectivity index (χ2v) is 4.76. The monoisotopic (exact) mass is 281 g/mol. The van der Waals surface area contributed by atoms with Crippen molar-refractivity contribution in [1.82, 2.24) is 5.32 Å². The number of carbonyl (C=O) groups excluding carboxylic acids is 1. The molecule has 1 aromatic carbocycles. The van der Waals surface area contributed by atoms with Gasteiger partial charge in [-0.25, -0.2) is 0 Å². The topological polar surface area (TPSA) is 67.8 Å². The molecule has 0 fully saturated rings. The number of amides is 1. The third-order valence-electron chi connectivity index (χ3n) is 2.89. The molecule has 1 amide bonds. The summed E-state index contributed by atoms with van der Waals surface area (Å²) in [6, 6.07) is 5.52. The van der Waals surface area contributed by atoms with Gasteiger partial charge in [0, 0.05) is 19.2 Å². The molecule has 0 heterocycles. The van der Waals surface area contributed by atoms with Gasteiger partial charge in [0.25, 0.3) is 5.91 Å². The molecule has 0 aliphatic rings. The molecule has 2 unspecified atom stereocenters. The minimum absolute atomic E-state index is 0.209. The fraction of sp³-hybridized carbons (Fsp3) is 0.533. The van der Waals surface area contributed by atoms with Crippen LogP contribution in [-0.2, 0) is 9.53 Å². The first-order valence-electron chi connectivity index (χ1n) is 6.67. The van der Waals surface area contributed by atoms with E-state index in [1.54, 1.807) is 27.0 Å².